The standard InChI is InChI=1S/C15H22N2O2/c1-11-6-12(2)8-14(7-11)17(3)15(18)9-13-10-19-5-4-16-13/h6-8,13,16H,4-5,9-10H2,1-3H3. The highest BCUT2D eigenvalue weighted by Crippen LogP contribution is 2.18. The molecule has 0 aromatic heterocycles. The normalized spacial score (nSPS) is 19.2. The van der Waals surface area contributed by atoms with Crippen LogP contribution in [0.3, 0.4) is 0 Å². The molecule has 1 aliphatic heterocycles. The quantitative estimate of drug-likeness (QED) is 0.900. The van der Waals surface area contributed by atoms with E-state index in [1.54, 1.807) is 4.90 Å². The highest BCUT2D eigenvalue weighted by Gasteiger charge is 2.20. The van der Waals surface area contributed by atoms with Crippen molar-refractivity contribution in [3.05, 3.63) is 29.3 Å². The summed E-state index contributed by atoms with van der Waals surface area (Å²) in [5.41, 5.74) is 3.31. The topological polar surface area (TPSA) is 41.6 Å². The highest BCUT2D eigenvalue weighted by atomic mass is 16.5. The number of ether oxygens (including phenoxy) is 1. The second kappa shape index (κ2) is 6.17. The average molecular weight is 262 g/mol. The Labute approximate surface area is 114 Å². The third-order valence-corrected chi connectivity index (χ3v) is 3.39. The van der Waals surface area contributed by atoms with E-state index in [-0.39, 0.29) is 11.9 Å². The fraction of sp³-hybridized carbons (Fsp3) is 0.533. The largest absolute Gasteiger partial charge is 0.378 e. The minimum atomic E-state index is 0.119. The smallest absolute Gasteiger partial charge is 0.228 e. The van der Waals surface area contributed by atoms with Crippen molar-refractivity contribution >= 4 is 11.6 Å². The molecule has 1 saturated heterocycles. The molecule has 1 aliphatic rings. The fourth-order valence-corrected chi connectivity index (χ4v) is 2.39. The maximum absolute atomic E-state index is 12.3. The summed E-state index contributed by atoms with van der Waals surface area (Å²) in [5, 5.41) is 3.31. The molecule has 0 saturated carbocycles. The van der Waals surface area contributed by atoms with Crippen LogP contribution < -0.4 is 10.2 Å². The monoisotopic (exact) mass is 262 g/mol. The molecule has 2 rings (SSSR count). The number of benzene rings is 1. The van der Waals surface area contributed by atoms with Crippen LogP contribution in [0.25, 0.3) is 0 Å². The molecule has 0 radical (unpaired) electrons. The van der Waals surface area contributed by atoms with Gasteiger partial charge in [-0.15, -0.1) is 0 Å². The van der Waals surface area contributed by atoms with E-state index < -0.39 is 0 Å². The number of aryl methyl sites for hydroxylation is 2. The van der Waals surface area contributed by atoms with E-state index in [0.29, 0.717) is 13.0 Å². The molecule has 0 aliphatic carbocycles. The summed E-state index contributed by atoms with van der Waals surface area (Å²) < 4.78 is 5.37. The van der Waals surface area contributed by atoms with Crippen molar-refractivity contribution < 1.29 is 9.53 Å². The van der Waals surface area contributed by atoms with Gasteiger partial charge in [-0.3, -0.25) is 4.79 Å². The second-order valence-corrected chi connectivity index (χ2v) is 5.23. The van der Waals surface area contributed by atoms with Crippen LogP contribution in [0.15, 0.2) is 18.2 Å². The molecule has 1 unspecified atom stereocenters. The predicted octanol–water partition coefficient (Wildman–Crippen LogP) is 1.64. The Balaban J connectivity index is 2.01. The highest BCUT2D eigenvalue weighted by molar-refractivity contribution is 5.93. The Morgan fingerprint density at radius 3 is 2.63 bits per heavy atom. The lowest BCUT2D eigenvalue weighted by molar-refractivity contribution is -0.119. The van der Waals surface area contributed by atoms with Gasteiger partial charge in [0, 0.05) is 31.7 Å². The summed E-state index contributed by atoms with van der Waals surface area (Å²) in [4.78, 5) is 14.0. The molecular formula is C15H22N2O2. The van der Waals surface area contributed by atoms with Gasteiger partial charge in [-0.2, -0.15) is 0 Å². The maximum Gasteiger partial charge on any atom is 0.228 e. The molecule has 4 nitrogen and oxygen atoms in total. The van der Waals surface area contributed by atoms with Gasteiger partial charge in [0.15, 0.2) is 0 Å². The lowest BCUT2D eigenvalue weighted by Crippen LogP contribution is -2.44. The van der Waals surface area contributed by atoms with Gasteiger partial charge in [-0.25, -0.2) is 0 Å². The summed E-state index contributed by atoms with van der Waals surface area (Å²) in [7, 11) is 1.83. The lowest BCUT2D eigenvalue weighted by Gasteiger charge is -2.26. The molecule has 1 heterocycles. The number of carbonyl (C=O) groups excluding carboxylic acids is 1. The zero-order chi connectivity index (χ0) is 13.8. The van der Waals surface area contributed by atoms with Crippen molar-refractivity contribution in [2.45, 2.75) is 26.3 Å². The molecule has 104 valence electrons. The molecule has 1 fully saturated rings. The Morgan fingerprint density at radius 1 is 1.37 bits per heavy atom. The number of rotatable bonds is 3. The van der Waals surface area contributed by atoms with Gasteiger partial charge in [0.25, 0.3) is 0 Å². The number of morpholine rings is 1. The van der Waals surface area contributed by atoms with E-state index in [1.165, 1.54) is 11.1 Å². The fourth-order valence-electron chi connectivity index (χ4n) is 2.39. The summed E-state index contributed by atoms with van der Waals surface area (Å²) in [6.45, 7) is 6.27. The Bertz CT molecular complexity index is 433. The van der Waals surface area contributed by atoms with E-state index in [2.05, 4.69) is 11.4 Å². The van der Waals surface area contributed by atoms with E-state index in [9.17, 15) is 4.79 Å². The van der Waals surface area contributed by atoms with E-state index in [0.717, 1.165) is 18.8 Å². The third-order valence-electron chi connectivity index (χ3n) is 3.39. The van der Waals surface area contributed by atoms with Gasteiger partial charge >= 0.3 is 0 Å². The molecule has 1 aromatic rings. The molecule has 1 N–H and O–H groups in total. The number of hydrogen-bond donors (Lipinski definition) is 1. The first-order chi connectivity index (χ1) is 9.06. The molecule has 4 heteroatoms. The SMILES string of the molecule is Cc1cc(C)cc(N(C)C(=O)CC2COCCN2)c1. The molecule has 0 spiro atoms. The minimum Gasteiger partial charge on any atom is -0.378 e. The van der Waals surface area contributed by atoms with Crippen molar-refractivity contribution in [2.24, 2.45) is 0 Å². The van der Waals surface area contributed by atoms with Gasteiger partial charge < -0.3 is 15.0 Å². The summed E-state index contributed by atoms with van der Waals surface area (Å²) in [6, 6.07) is 6.32. The van der Waals surface area contributed by atoms with Gasteiger partial charge in [-0.05, 0) is 37.1 Å². The summed E-state index contributed by atoms with van der Waals surface area (Å²) in [5.74, 6) is 0.119. The van der Waals surface area contributed by atoms with Gasteiger partial charge in [-0.1, -0.05) is 6.07 Å². The Kier molecular flexibility index (Phi) is 4.56. The Morgan fingerprint density at radius 2 is 2.05 bits per heavy atom. The lowest BCUT2D eigenvalue weighted by atomic mass is 10.1. The van der Waals surface area contributed by atoms with E-state index in [4.69, 9.17) is 4.74 Å². The average Bonchev–Trinajstić information content (AvgIpc) is 2.37. The van der Waals surface area contributed by atoms with Crippen molar-refractivity contribution in [3.8, 4) is 0 Å². The molecular weight excluding hydrogens is 240 g/mol. The maximum atomic E-state index is 12.3. The molecule has 1 aromatic carbocycles. The molecule has 19 heavy (non-hydrogen) atoms. The van der Waals surface area contributed by atoms with Crippen LogP contribution in [0.5, 0.6) is 0 Å². The minimum absolute atomic E-state index is 0.119. The van der Waals surface area contributed by atoms with Gasteiger partial charge in [0.1, 0.15) is 0 Å². The summed E-state index contributed by atoms with van der Waals surface area (Å²) in [6.07, 6.45) is 0.476. The first kappa shape index (κ1) is 14.0. The van der Waals surface area contributed by atoms with Gasteiger partial charge in [0.05, 0.1) is 13.2 Å². The third kappa shape index (κ3) is 3.78. The van der Waals surface area contributed by atoms with Crippen molar-refractivity contribution in [1.82, 2.24) is 5.32 Å². The predicted molar refractivity (Wildman–Crippen MR) is 76.6 cm³/mol. The van der Waals surface area contributed by atoms with E-state index >= 15 is 0 Å². The number of anilines is 1. The van der Waals surface area contributed by atoms with Crippen molar-refractivity contribution in [3.63, 3.8) is 0 Å². The van der Waals surface area contributed by atoms with Crippen LogP contribution in [-0.2, 0) is 9.53 Å². The van der Waals surface area contributed by atoms with Crippen LogP contribution in [0.2, 0.25) is 0 Å². The number of nitrogens with zero attached hydrogens (tertiary/aromatic N) is 1. The number of hydrogen-bond acceptors (Lipinski definition) is 3. The second-order valence-electron chi connectivity index (χ2n) is 5.23. The number of carbonyl (C=O) groups is 1. The van der Waals surface area contributed by atoms with Gasteiger partial charge in [0.2, 0.25) is 5.91 Å². The molecule has 0 bridgehead atoms. The van der Waals surface area contributed by atoms with Crippen LogP contribution in [0, 0.1) is 13.8 Å². The van der Waals surface area contributed by atoms with Crippen molar-refractivity contribution in [2.75, 3.05) is 31.7 Å². The van der Waals surface area contributed by atoms with Crippen LogP contribution in [0.1, 0.15) is 17.5 Å². The first-order valence-corrected chi connectivity index (χ1v) is 6.72. The first-order valence-electron chi connectivity index (χ1n) is 6.72. The van der Waals surface area contributed by atoms with E-state index in [1.807, 2.05) is 33.0 Å². The number of nitrogens with one attached hydrogen (secondary N) is 1. The number of amides is 1. The van der Waals surface area contributed by atoms with Crippen LogP contribution >= 0.6 is 0 Å². The van der Waals surface area contributed by atoms with Crippen LogP contribution in [0.4, 0.5) is 5.69 Å². The molecule has 1 atom stereocenters. The zero-order valence-electron chi connectivity index (χ0n) is 11.9. The summed E-state index contributed by atoms with van der Waals surface area (Å²) >= 11 is 0. The zero-order valence-corrected chi connectivity index (χ0v) is 11.9. The van der Waals surface area contributed by atoms with Crippen LogP contribution in [-0.4, -0.2) is 38.8 Å². The molecule has 1 amide bonds. The van der Waals surface area contributed by atoms with Crippen molar-refractivity contribution in [1.29, 1.82) is 0 Å². The Hall–Kier alpha value is -1.39.